The second kappa shape index (κ2) is 3.78. The monoisotopic (exact) mass is 212 g/mol. The smallest absolute Gasteiger partial charge is 0.134 e. The highest BCUT2D eigenvalue weighted by atomic mass is 15.0. The summed E-state index contributed by atoms with van der Waals surface area (Å²) < 4.78 is 0. The Morgan fingerprint density at radius 1 is 1.25 bits per heavy atom. The first-order valence-corrected chi connectivity index (χ1v) is 6.01. The Morgan fingerprint density at radius 2 is 2.12 bits per heavy atom. The normalized spacial score (nSPS) is 15.3. The Balaban J connectivity index is 2.13. The van der Waals surface area contributed by atoms with Crippen molar-refractivity contribution in [2.45, 2.75) is 32.2 Å². The van der Waals surface area contributed by atoms with E-state index in [-0.39, 0.29) is 0 Å². The SMILES string of the molecule is CCc1cccc2c(NC3CC3)nccc12. The fraction of sp³-hybridized carbons (Fsp3) is 0.357. The molecule has 2 aromatic rings. The molecule has 1 aromatic carbocycles. The van der Waals surface area contributed by atoms with Gasteiger partial charge in [-0.1, -0.05) is 25.1 Å². The van der Waals surface area contributed by atoms with Gasteiger partial charge in [-0.2, -0.15) is 0 Å². The van der Waals surface area contributed by atoms with Crippen LogP contribution in [0.5, 0.6) is 0 Å². The highest BCUT2D eigenvalue weighted by molar-refractivity contribution is 5.94. The molecule has 0 bridgehead atoms. The van der Waals surface area contributed by atoms with Gasteiger partial charge >= 0.3 is 0 Å². The maximum Gasteiger partial charge on any atom is 0.134 e. The number of hydrogen-bond donors (Lipinski definition) is 1. The second-order valence-corrected chi connectivity index (χ2v) is 4.44. The van der Waals surface area contributed by atoms with Gasteiger partial charge in [0.15, 0.2) is 0 Å². The van der Waals surface area contributed by atoms with Gasteiger partial charge in [-0.05, 0) is 36.3 Å². The lowest BCUT2D eigenvalue weighted by Gasteiger charge is -2.09. The molecule has 0 radical (unpaired) electrons. The summed E-state index contributed by atoms with van der Waals surface area (Å²) in [5.41, 5.74) is 1.40. The number of rotatable bonds is 3. The van der Waals surface area contributed by atoms with Crippen LogP contribution in [-0.4, -0.2) is 11.0 Å². The largest absolute Gasteiger partial charge is 0.367 e. The summed E-state index contributed by atoms with van der Waals surface area (Å²) in [6, 6.07) is 9.26. The molecular weight excluding hydrogens is 196 g/mol. The van der Waals surface area contributed by atoms with Crippen molar-refractivity contribution in [3.05, 3.63) is 36.0 Å². The van der Waals surface area contributed by atoms with Crippen molar-refractivity contribution in [2.75, 3.05) is 5.32 Å². The number of benzene rings is 1. The van der Waals surface area contributed by atoms with E-state index in [1.165, 1.54) is 29.2 Å². The first-order chi connectivity index (χ1) is 7.88. The van der Waals surface area contributed by atoms with E-state index in [0.29, 0.717) is 6.04 Å². The number of hydrogen-bond acceptors (Lipinski definition) is 2. The molecule has 1 aliphatic rings. The Labute approximate surface area is 95.7 Å². The van der Waals surface area contributed by atoms with Gasteiger partial charge in [0, 0.05) is 17.6 Å². The lowest BCUT2D eigenvalue weighted by atomic mass is 10.0. The maximum absolute atomic E-state index is 4.45. The van der Waals surface area contributed by atoms with Gasteiger partial charge in [-0.15, -0.1) is 0 Å². The Kier molecular flexibility index (Phi) is 2.28. The van der Waals surface area contributed by atoms with E-state index in [1.54, 1.807) is 0 Å². The summed E-state index contributed by atoms with van der Waals surface area (Å²) in [5, 5.41) is 6.09. The van der Waals surface area contributed by atoms with Crippen molar-refractivity contribution in [1.82, 2.24) is 4.98 Å². The van der Waals surface area contributed by atoms with E-state index in [1.807, 2.05) is 6.20 Å². The third-order valence-electron chi connectivity index (χ3n) is 3.20. The standard InChI is InChI=1S/C14H16N2/c1-2-10-4-3-5-13-12(10)8-9-15-14(13)16-11-6-7-11/h3-5,8-9,11H,2,6-7H2,1H3,(H,15,16). The van der Waals surface area contributed by atoms with Crippen LogP contribution in [0.3, 0.4) is 0 Å². The molecule has 1 N–H and O–H groups in total. The molecule has 0 saturated heterocycles. The van der Waals surface area contributed by atoms with Crippen molar-refractivity contribution in [3.63, 3.8) is 0 Å². The van der Waals surface area contributed by atoms with Gasteiger partial charge in [-0.25, -0.2) is 4.98 Å². The predicted molar refractivity (Wildman–Crippen MR) is 67.8 cm³/mol. The van der Waals surface area contributed by atoms with Gasteiger partial charge < -0.3 is 5.32 Å². The van der Waals surface area contributed by atoms with Crippen LogP contribution in [0.4, 0.5) is 5.82 Å². The first-order valence-electron chi connectivity index (χ1n) is 6.01. The van der Waals surface area contributed by atoms with Gasteiger partial charge in [-0.3, -0.25) is 0 Å². The molecule has 2 heteroatoms. The Morgan fingerprint density at radius 3 is 2.88 bits per heavy atom. The van der Waals surface area contributed by atoms with E-state index in [9.17, 15) is 0 Å². The highest BCUT2D eigenvalue weighted by Crippen LogP contribution is 2.29. The molecule has 0 unspecified atom stereocenters. The van der Waals surface area contributed by atoms with Crippen LogP contribution in [0.15, 0.2) is 30.5 Å². The third kappa shape index (κ3) is 1.64. The van der Waals surface area contributed by atoms with Crippen LogP contribution in [0.1, 0.15) is 25.3 Å². The minimum absolute atomic E-state index is 0.656. The number of aromatic nitrogens is 1. The fourth-order valence-electron chi connectivity index (χ4n) is 2.12. The van der Waals surface area contributed by atoms with E-state index in [4.69, 9.17) is 0 Å². The summed E-state index contributed by atoms with van der Waals surface area (Å²) in [6.07, 6.45) is 5.55. The number of pyridine rings is 1. The number of anilines is 1. The van der Waals surface area contributed by atoms with Crippen LogP contribution in [-0.2, 0) is 6.42 Å². The van der Waals surface area contributed by atoms with Gasteiger partial charge in [0.05, 0.1) is 0 Å². The van der Waals surface area contributed by atoms with Crippen molar-refractivity contribution in [3.8, 4) is 0 Å². The number of nitrogens with zero attached hydrogens (tertiary/aromatic N) is 1. The number of nitrogens with one attached hydrogen (secondary N) is 1. The second-order valence-electron chi connectivity index (χ2n) is 4.44. The molecule has 82 valence electrons. The molecule has 0 aliphatic heterocycles. The summed E-state index contributed by atoms with van der Waals surface area (Å²) in [7, 11) is 0. The molecule has 2 nitrogen and oxygen atoms in total. The molecule has 0 atom stereocenters. The average molecular weight is 212 g/mol. The summed E-state index contributed by atoms with van der Waals surface area (Å²) >= 11 is 0. The zero-order valence-corrected chi connectivity index (χ0v) is 9.53. The molecule has 1 saturated carbocycles. The summed E-state index contributed by atoms with van der Waals surface area (Å²) in [6.45, 7) is 2.20. The maximum atomic E-state index is 4.45. The highest BCUT2D eigenvalue weighted by Gasteiger charge is 2.22. The quantitative estimate of drug-likeness (QED) is 0.843. The molecule has 1 fully saturated rings. The third-order valence-corrected chi connectivity index (χ3v) is 3.20. The van der Waals surface area contributed by atoms with Gasteiger partial charge in [0.1, 0.15) is 5.82 Å². The molecule has 1 aliphatic carbocycles. The predicted octanol–water partition coefficient (Wildman–Crippen LogP) is 3.37. The molecular formula is C14H16N2. The van der Waals surface area contributed by atoms with E-state index >= 15 is 0 Å². The summed E-state index contributed by atoms with van der Waals surface area (Å²) in [5.74, 6) is 1.05. The van der Waals surface area contributed by atoms with E-state index in [2.05, 4.69) is 41.5 Å². The fourth-order valence-corrected chi connectivity index (χ4v) is 2.12. The van der Waals surface area contributed by atoms with Crippen LogP contribution in [0.25, 0.3) is 10.8 Å². The number of aryl methyl sites for hydroxylation is 1. The molecule has 0 amide bonds. The Hall–Kier alpha value is -1.57. The topological polar surface area (TPSA) is 24.9 Å². The Bertz CT molecular complexity index is 515. The minimum Gasteiger partial charge on any atom is -0.367 e. The molecule has 16 heavy (non-hydrogen) atoms. The van der Waals surface area contributed by atoms with Crippen LogP contribution >= 0.6 is 0 Å². The van der Waals surface area contributed by atoms with Crippen molar-refractivity contribution < 1.29 is 0 Å². The summed E-state index contributed by atoms with van der Waals surface area (Å²) in [4.78, 5) is 4.45. The minimum atomic E-state index is 0.656. The molecule has 1 aromatic heterocycles. The lowest BCUT2D eigenvalue weighted by Crippen LogP contribution is -2.03. The molecule has 1 heterocycles. The van der Waals surface area contributed by atoms with Gasteiger partial charge in [0.2, 0.25) is 0 Å². The van der Waals surface area contributed by atoms with E-state index in [0.717, 1.165) is 12.2 Å². The molecule has 3 rings (SSSR count). The van der Waals surface area contributed by atoms with E-state index < -0.39 is 0 Å². The first kappa shape index (κ1) is 9.64. The van der Waals surface area contributed by atoms with Crippen LogP contribution < -0.4 is 5.32 Å². The molecule has 0 spiro atoms. The van der Waals surface area contributed by atoms with Crippen molar-refractivity contribution >= 4 is 16.6 Å². The van der Waals surface area contributed by atoms with Crippen LogP contribution in [0, 0.1) is 0 Å². The van der Waals surface area contributed by atoms with Crippen LogP contribution in [0.2, 0.25) is 0 Å². The zero-order valence-electron chi connectivity index (χ0n) is 9.53. The lowest BCUT2D eigenvalue weighted by molar-refractivity contribution is 1.12. The van der Waals surface area contributed by atoms with Crippen molar-refractivity contribution in [2.24, 2.45) is 0 Å². The average Bonchev–Trinajstić information content (AvgIpc) is 3.13. The van der Waals surface area contributed by atoms with Gasteiger partial charge in [0.25, 0.3) is 0 Å². The van der Waals surface area contributed by atoms with Crippen molar-refractivity contribution in [1.29, 1.82) is 0 Å². The number of fused-ring (bicyclic) bond motifs is 1. The zero-order chi connectivity index (χ0) is 11.0.